The maximum absolute atomic E-state index is 12.9. The molecule has 152 valence electrons. The third kappa shape index (κ3) is 3.32. The second-order valence-corrected chi connectivity index (χ2v) is 10.1. The lowest BCUT2D eigenvalue weighted by Gasteiger charge is -2.33. The summed E-state index contributed by atoms with van der Waals surface area (Å²) in [6.07, 6.45) is 5.26. The molecule has 3 heterocycles. The molecule has 2 aromatic heterocycles. The first-order valence-corrected chi connectivity index (χ1v) is 12.0. The molecule has 0 bridgehead atoms. The van der Waals surface area contributed by atoms with E-state index in [0.29, 0.717) is 23.9 Å². The third-order valence-electron chi connectivity index (χ3n) is 5.21. The van der Waals surface area contributed by atoms with Crippen molar-refractivity contribution in [1.29, 1.82) is 0 Å². The van der Waals surface area contributed by atoms with E-state index in [1.54, 1.807) is 29.9 Å². The van der Waals surface area contributed by atoms with E-state index in [2.05, 4.69) is 33.9 Å². The zero-order chi connectivity index (χ0) is 20.7. The Labute approximate surface area is 178 Å². The van der Waals surface area contributed by atoms with E-state index >= 15 is 0 Å². The third-order valence-corrected chi connectivity index (χ3v) is 7.80. The van der Waals surface area contributed by atoms with Gasteiger partial charge in [0.25, 0.3) is 0 Å². The monoisotopic (exact) mass is 437 g/mol. The van der Waals surface area contributed by atoms with E-state index in [1.165, 1.54) is 11.3 Å². The van der Waals surface area contributed by atoms with Gasteiger partial charge in [0.2, 0.25) is 0 Å². The highest BCUT2D eigenvalue weighted by Gasteiger charge is 2.25. The van der Waals surface area contributed by atoms with E-state index in [0.717, 1.165) is 27.7 Å². The first-order chi connectivity index (χ1) is 14.5. The lowest BCUT2D eigenvalue weighted by atomic mass is 10.0. The fourth-order valence-electron chi connectivity index (χ4n) is 3.82. The van der Waals surface area contributed by atoms with Crippen LogP contribution in [0, 0.1) is 6.92 Å². The molecule has 0 unspecified atom stereocenters. The Balaban J connectivity index is 1.58. The van der Waals surface area contributed by atoms with E-state index in [-0.39, 0.29) is 10.6 Å². The lowest BCUT2D eigenvalue weighted by molar-refractivity contribution is 0.313. The fraction of sp³-hybridized carbons (Fsp3) is 0.182. The van der Waals surface area contributed by atoms with Crippen LogP contribution in [-0.4, -0.2) is 31.5 Å². The average molecular weight is 438 g/mol. The van der Waals surface area contributed by atoms with Gasteiger partial charge < -0.3 is 9.64 Å². The van der Waals surface area contributed by atoms with Crippen molar-refractivity contribution in [2.24, 2.45) is 0 Å². The Morgan fingerprint density at radius 2 is 2.07 bits per heavy atom. The number of rotatable bonds is 4. The molecule has 0 saturated carbocycles. The topological polar surface area (TPSA) is 72.4 Å². The maximum Gasteiger partial charge on any atom is 0.185 e. The molecule has 6 nitrogen and oxygen atoms in total. The minimum atomic E-state index is -3.50. The molecule has 0 atom stereocenters. The minimum Gasteiger partial charge on any atom is -0.489 e. The summed E-state index contributed by atoms with van der Waals surface area (Å²) in [5.41, 5.74) is 3.10. The van der Waals surface area contributed by atoms with Crippen LogP contribution in [0.25, 0.3) is 10.8 Å². The predicted octanol–water partition coefficient (Wildman–Crippen LogP) is 4.50. The minimum absolute atomic E-state index is 0.109. The van der Waals surface area contributed by atoms with Gasteiger partial charge in [0, 0.05) is 40.8 Å². The van der Waals surface area contributed by atoms with Gasteiger partial charge in [-0.3, -0.25) is 4.98 Å². The smallest absolute Gasteiger partial charge is 0.185 e. The largest absolute Gasteiger partial charge is 0.489 e. The van der Waals surface area contributed by atoms with Crippen LogP contribution < -0.4 is 9.64 Å². The molecule has 5 rings (SSSR count). The number of hydrogen-bond donors (Lipinski definition) is 0. The second-order valence-electron chi connectivity index (χ2n) is 7.14. The van der Waals surface area contributed by atoms with Crippen molar-refractivity contribution in [2.45, 2.75) is 17.6 Å². The first kappa shape index (κ1) is 19.0. The van der Waals surface area contributed by atoms with Crippen molar-refractivity contribution in [3.05, 3.63) is 70.9 Å². The lowest BCUT2D eigenvalue weighted by Crippen LogP contribution is -2.29. The Morgan fingerprint density at radius 1 is 1.17 bits per heavy atom. The summed E-state index contributed by atoms with van der Waals surface area (Å²) in [5, 5.41) is 4.53. The zero-order valence-electron chi connectivity index (χ0n) is 16.3. The van der Waals surface area contributed by atoms with Gasteiger partial charge in [0.15, 0.2) is 9.84 Å². The molecule has 1 aliphatic heterocycles. The number of thiazole rings is 1. The maximum atomic E-state index is 12.9. The molecule has 1 aliphatic rings. The highest BCUT2D eigenvalue weighted by molar-refractivity contribution is 7.90. The van der Waals surface area contributed by atoms with Gasteiger partial charge in [0.1, 0.15) is 23.1 Å². The molecule has 4 aromatic rings. The summed E-state index contributed by atoms with van der Waals surface area (Å²) in [6, 6.07) is 11.3. The molecule has 0 aliphatic carbocycles. The number of benzene rings is 2. The van der Waals surface area contributed by atoms with Crippen molar-refractivity contribution < 1.29 is 13.2 Å². The normalized spacial score (nSPS) is 13.8. The number of sulfone groups is 1. The Bertz CT molecular complexity index is 1340. The Hall–Kier alpha value is -2.97. The molecule has 0 saturated heterocycles. The SMILES string of the molecule is Cc1ccc2cnccc2c1N1CCOc2cc(S(=O)(=O)Cc3nccs3)ccc21. The van der Waals surface area contributed by atoms with Gasteiger partial charge in [-0.2, -0.15) is 0 Å². The van der Waals surface area contributed by atoms with Crippen molar-refractivity contribution >= 4 is 43.3 Å². The quantitative estimate of drug-likeness (QED) is 0.468. The molecule has 0 radical (unpaired) electrons. The molecule has 0 spiro atoms. The molecule has 0 amide bonds. The molecule has 2 aromatic carbocycles. The van der Waals surface area contributed by atoms with Crippen LogP contribution >= 0.6 is 11.3 Å². The molecular formula is C22H19N3O3S2. The zero-order valence-corrected chi connectivity index (χ0v) is 17.9. The predicted molar refractivity (Wildman–Crippen MR) is 118 cm³/mol. The van der Waals surface area contributed by atoms with Crippen LogP contribution in [0.2, 0.25) is 0 Å². The van der Waals surface area contributed by atoms with Crippen LogP contribution in [-0.2, 0) is 15.6 Å². The van der Waals surface area contributed by atoms with E-state index in [4.69, 9.17) is 4.74 Å². The summed E-state index contributed by atoms with van der Waals surface area (Å²) in [7, 11) is -3.50. The van der Waals surface area contributed by atoms with E-state index < -0.39 is 9.84 Å². The van der Waals surface area contributed by atoms with Crippen molar-refractivity contribution in [3.8, 4) is 5.75 Å². The molecule has 0 N–H and O–H groups in total. The molecular weight excluding hydrogens is 418 g/mol. The van der Waals surface area contributed by atoms with Gasteiger partial charge >= 0.3 is 0 Å². The van der Waals surface area contributed by atoms with Crippen molar-refractivity contribution in [1.82, 2.24) is 9.97 Å². The first-order valence-electron chi connectivity index (χ1n) is 9.52. The summed E-state index contributed by atoms with van der Waals surface area (Å²) >= 11 is 1.34. The van der Waals surface area contributed by atoms with Crippen LogP contribution in [0.5, 0.6) is 5.75 Å². The van der Waals surface area contributed by atoms with Crippen LogP contribution in [0.1, 0.15) is 10.6 Å². The van der Waals surface area contributed by atoms with Gasteiger partial charge in [-0.1, -0.05) is 12.1 Å². The Morgan fingerprint density at radius 3 is 2.90 bits per heavy atom. The number of hydrogen-bond acceptors (Lipinski definition) is 7. The number of ether oxygens (including phenoxy) is 1. The summed E-state index contributed by atoms with van der Waals surface area (Å²) in [4.78, 5) is 10.8. The van der Waals surface area contributed by atoms with Gasteiger partial charge in [-0.25, -0.2) is 13.4 Å². The summed E-state index contributed by atoms with van der Waals surface area (Å²) in [6.45, 7) is 3.24. The van der Waals surface area contributed by atoms with Crippen LogP contribution in [0.4, 0.5) is 11.4 Å². The van der Waals surface area contributed by atoms with Crippen LogP contribution in [0.15, 0.2) is 65.3 Å². The number of anilines is 2. The molecule has 30 heavy (non-hydrogen) atoms. The van der Waals surface area contributed by atoms with Gasteiger partial charge in [0.05, 0.1) is 22.8 Å². The van der Waals surface area contributed by atoms with Gasteiger partial charge in [-0.15, -0.1) is 11.3 Å². The average Bonchev–Trinajstić information content (AvgIpc) is 3.25. The summed E-state index contributed by atoms with van der Waals surface area (Å²) < 4.78 is 31.6. The van der Waals surface area contributed by atoms with E-state index in [9.17, 15) is 8.42 Å². The highest BCUT2D eigenvalue weighted by Crippen LogP contribution is 2.42. The standard InChI is InChI=1S/C22H19N3O3S2/c1-15-2-3-16-13-23-7-6-18(16)22(15)25-9-10-28-20-12-17(4-5-19(20)25)30(26,27)14-21-24-8-11-29-21/h2-8,11-13H,9-10,14H2,1H3. The van der Waals surface area contributed by atoms with Crippen molar-refractivity contribution in [2.75, 3.05) is 18.1 Å². The van der Waals surface area contributed by atoms with Crippen LogP contribution in [0.3, 0.4) is 0 Å². The van der Waals surface area contributed by atoms with Gasteiger partial charge in [-0.05, 0) is 30.7 Å². The van der Waals surface area contributed by atoms with Crippen molar-refractivity contribution in [3.63, 3.8) is 0 Å². The Kier molecular flexibility index (Phi) is 4.67. The molecule has 0 fully saturated rings. The number of nitrogens with zero attached hydrogens (tertiary/aromatic N) is 3. The number of pyridine rings is 1. The van der Waals surface area contributed by atoms with E-state index in [1.807, 2.05) is 18.3 Å². The number of fused-ring (bicyclic) bond motifs is 2. The number of aryl methyl sites for hydroxylation is 1. The fourth-order valence-corrected chi connectivity index (χ4v) is 6.08. The number of aromatic nitrogens is 2. The molecule has 8 heteroatoms. The highest BCUT2D eigenvalue weighted by atomic mass is 32.2. The second kappa shape index (κ2) is 7.37. The summed E-state index contributed by atoms with van der Waals surface area (Å²) in [5.74, 6) is 0.467.